The third-order valence-electron chi connectivity index (χ3n) is 2.14. The van der Waals surface area contributed by atoms with Gasteiger partial charge in [-0.05, 0) is 20.3 Å². The normalized spacial score (nSPS) is 15.5. The van der Waals surface area contributed by atoms with Crippen molar-refractivity contribution in [3.8, 4) is 0 Å². The number of aliphatic hydroxyl groups is 1. The summed E-state index contributed by atoms with van der Waals surface area (Å²) in [6, 6.07) is 0. The zero-order valence-electron chi connectivity index (χ0n) is 10.4. The summed E-state index contributed by atoms with van der Waals surface area (Å²) in [5, 5.41) is 18.7. The predicted molar refractivity (Wildman–Crippen MR) is 62.6 cm³/mol. The zero-order valence-corrected chi connectivity index (χ0v) is 11.3. The van der Waals surface area contributed by atoms with Gasteiger partial charge in [0, 0.05) is 4.92 Å². The van der Waals surface area contributed by atoms with Crippen LogP contribution in [-0.4, -0.2) is 35.1 Å². The highest BCUT2D eigenvalue weighted by Crippen LogP contribution is 2.60. The number of rotatable bonds is 9. The molecule has 8 heteroatoms. The van der Waals surface area contributed by atoms with Crippen LogP contribution in [-0.2, 0) is 13.6 Å². The topological polar surface area (TPSA) is 98.9 Å². The minimum Gasteiger partial charge on any atom is -0.372 e. The van der Waals surface area contributed by atoms with E-state index in [-0.39, 0.29) is 19.6 Å². The Hall–Kier alpha value is -0.490. The largest absolute Gasteiger partial charge is 0.372 e. The quantitative estimate of drug-likeness (QED) is 0.390. The van der Waals surface area contributed by atoms with Crippen molar-refractivity contribution in [3.63, 3.8) is 0 Å². The van der Waals surface area contributed by atoms with E-state index in [4.69, 9.17) is 9.05 Å². The average molecular weight is 269 g/mol. The second kappa shape index (κ2) is 7.06. The Balaban J connectivity index is 5.19. The van der Waals surface area contributed by atoms with Gasteiger partial charge in [0.1, 0.15) is 0 Å². The van der Waals surface area contributed by atoms with Crippen molar-refractivity contribution in [2.24, 2.45) is 0 Å². The molecule has 0 rings (SSSR count). The molecule has 0 aliphatic carbocycles. The summed E-state index contributed by atoms with van der Waals surface area (Å²) in [5.74, 6) is 0. The molecular weight excluding hydrogens is 249 g/mol. The predicted octanol–water partition coefficient (Wildman–Crippen LogP) is 2.02. The lowest BCUT2D eigenvalue weighted by Crippen LogP contribution is -2.38. The molecule has 1 atom stereocenters. The smallest absolute Gasteiger partial charge is 0.368 e. The molecule has 102 valence electrons. The Bertz CT molecular complexity index is 287. The Kier molecular flexibility index (Phi) is 6.85. The Morgan fingerprint density at radius 2 is 1.76 bits per heavy atom. The summed E-state index contributed by atoms with van der Waals surface area (Å²) in [7, 11) is -3.90. The Morgan fingerprint density at radius 1 is 1.29 bits per heavy atom. The highest BCUT2D eigenvalue weighted by molar-refractivity contribution is 7.55. The molecule has 0 saturated carbocycles. The molecule has 1 N–H and O–H groups in total. The first kappa shape index (κ1) is 16.5. The number of hydrogen-bond acceptors (Lipinski definition) is 6. The fourth-order valence-electron chi connectivity index (χ4n) is 1.53. The minimum atomic E-state index is -3.90. The van der Waals surface area contributed by atoms with E-state index in [1.54, 1.807) is 20.8 Å². The summed E-state index contributed by atoms with van der Waals surface area (Å²) in [5.41, 5.74) is 0. The molecule has 0 aromatic rings. The van der Waals surface area contributed by atoms with Crippen molar-refractivity contribution in [1.82, 2.24) is 0 Å². The maximum absolute atomic E-state index is 12.4. The molecule has 0 radical (unpaired) electrons. The van der Waals surface area contributed by atoms with Gasteiger partial charge in [-0.3, -0.25) is 14.7 Å². The van der Waals surface area contributed by atoms with Gasteiger partial charge in [0.05, 0.1) is 13.2 Å². The van der Waals surface area contributed by atoms with Crippen molar-refractivity contribution in [2.75, 3.05) is 19.8 Å². The summed E-state index contributed by atoms with van der Waals surface area (Å²) >= 11 is 0. The molecule has 0 amide bonds. The van der Waals surface area contributed by atoms with Gasteiger partial charge in [0.2, 0.25) is 11.9 Å². The van der Waals surface area contributed by atoms with E-state index in [1.807, 2.05) is 0 Å². The van der Waals surface area contributed by atoms with Crippen LogP contribution in [0.3, 0.4) is 0 Å². The van der Waals surface area contributed by atoms with Gasteiger partial charge >= 0.3 is 7.60 Å². The second-order valence-electron chi connectivity index (χ2n) is 3.56. The van der Waals surface area contributed by atoms with Crippen LogP contribution in [0.5, 0.6) is 0 Å². The summed E-state index contributed by atoms with van der Waals surface area (Å²) in [4.78, 5) is 9.85. The van der Waals surface area contributed by atoms with E-state index in [2.05, 4.69) is 0 Å². The molecule has 0 bridgehead atoms. The third-order valence-corrected chi connectivity index (χ3v) is 4.72. The average Bonchev–Trinajstić information content (AvgIpc) is 2.17. The standard InChI is InChI=1S/C9H20NO6P/c1-4-7-9(11,8-10(12)13)17(14,15-5-2)16-6-3/h11H,4-8H2,1-3H3. The van der Waals surface area contributed by atoms with Crippen LogP contribution in [0.1, 0.15) is 33.6 Å². The lowest BCUT2D eigenvalue weighted by Gasteiger charge is -2.30. The van der Waals surface area contributed by atoms with Gasteiger partial charge in [-0.2, -0.15) is 0 Å². The maximum Gasteiger partial charge on any atom is 0.368 e. The first-order valence-corrected chi connectivity index (χ1v) is 7.12. The molecule has 0 fully saturated rings. The molecule has 0 heterocycles. The molecule has 0 spiro atoms. The van der Waals surface area contributed by atoms with Crippen LogP contribution in [0.15, 0.2) is 0 Å². The van der Waals surface area contributed by atoms with Gasteiger partial charge in [0.25, 0.3) is 0 Å². The van der Waals surface area contributed by atoms with E-state index in [9.17, 15) is 19.8 Å². The van der Waals surface area contributed by atoms with Crippen LogP contribution in [0.25, 0.3) is 0 Å². The molecule has 0 aromatic heterocycles. The van der Waals surface area contributed by atoms with E-state index >= 15 is 0 Å². The third kappa shape index (κ3) is 4.35. The van der Waals surface area contributed by atoms with E-state index in [0.717, 1.165) is 0 Å². The molecule has 1 unspecified atom stereocenters. The van der Waals surface area contributed by atoms with Crippen LogP contribution in [0.2, 0.25) is 0 Å². The Morgan fingerprint density at radius 3 is 2.06 bits per heavy atom. The Labute approximate surface area is 101 Å². The van der Waals surface area contributed by atoms with E-state index in [0.29, 0.717) is 6.42 Å². The van der Waals surface area contributed by atoms with Crippen molar-refractivity contribution in [1.29, 1.82) is 0 Å². The molecule has 7 nitrogen and oxygen atoms in total. The van der Waals surface area contributed by atoms with E-state index < -0.39 is 24.4 Å². The fraction of sp³-hybridized carbons (Fsp3) is 1.00. The summed E-state index contributed by atoms with van der Waals surface area (Å²) in [6.45, 7) is 4.17. The van der Waals surface area contributed by atoms with Gasteiger partial charge in [0.15, 0.2) is 0 Å². The van der Waals surface area contributed by atoms with Gasteiger partial charge in [-0.15, -0.1) is 0 Å². The molecule has 0 saturated heterocycles. The number of hydrogen-bond donors (Lipinski definition) is 1. The fourth-order valence-corrected chi connectivity index (χ4v) is 3.55. The minimum absolute atomic E-state index is 0.00867. The van der Waals surface area contributed by atoms with Crippen LogP contribution < -0.4 is 0 Å². The van der Waals surface area contributed by atoms with Crippen molar-refractivity contribution in [2.45, 2.75) is 39.0 Å². The molecule has 0 aliphatic heterocycles. The number of nitrogens with zero attached hydrogens (tertiary/aromatic N) is 1. The molecule has 17 heavy (non-hydrogen) atoms. The van der Waals surface area contributed by atoms with Crippen molar-refractivity contribution < 1.29 is 23.6 Å². The highest BCUT2D eigenvalue weighted by atomic mass is 31.2. The first-order valence-electron chi connectivity index (χ1n) is 5.58. The van der Waals surface area contributed by atoms with Crippen molar-refractivity contribution >= 4 is 7.60 Å². The first-order chi connectivity index (χ1) is 7.85. The molecular formula is C9H20NO6P. The SMILES string of the molecule is CCCC(O)(C[N+](=O)[O-])P(=O)(OCC)OCC. The van der Waals surface area contributed by atoms with Crippen LogP contribution >= 0.6 is 7.60 Å². The molecule has 0 aliphatic rings. The lowest BCUT2D eigenvalue weighted by molar-refractivity contribution is -0.495. The van der Waals surface area contributed by atoms with Crippen molar-refractivity contribution in [3.05, 3.63) is 10.1 Å². The monoisotopic (exact) mass is 269 g/mol. The highest BCUT2D eigenvalue weighted by Gasteiger charge is 2.53. The molecule has 0 aromatic carbocycles. The second-order valence-corrected chi connectivity index (χ2v) is 5.90. The summed E-state index contributed by atoms with van der Waals surface area (Å²) < 4.78 is 22.3. The van der Waals surface area contributed by atoms with Gasteiger partial charge in [-0.25, -0.2) is 0 Å². The van der Waals surface area contributed by atoms with E-state index in [1.165, 1.54) is 0 Å². The zero-order chi connectivity index (χ0) is 13.5. The van der Waals surface area contributed by atoms with Gasteiger partial charge in [-0.1, -0.05) is 13.3 Å². The number of nitro groups is 1. The maximum atomic E-state index is 12.4. The lowest BCUT2D eigenvalue weighted by atomic mass is 10.2. The van der Waals surface area contributed by atoms with Crippen LogP contribution in [0, 0.1) is 10.1 Å². The van der Waals surface area contributed by atoms with Crippen LogP contribution in [0.4, 0.5) is 0 Å². The van der Waals surface area contributed by atoms with Gasteiger partial charge < -0.3 is 14.2 Å². The summed E-state index contributed by atoms with van der Waals surface area (Å²) in [6.07, 6.45) is 0.430.